The standard InChI is InChI=1S/C18H35F3OS/c19-18(20,21)14-12-10-8-6-4-2-1-3-5-7-9-11-13-16-23-17-15-22/h22H,1-17H2. The molecule has 0 amide bonds. The van der Waals surface area contributed by atoms with Gasteiger partial charge in [0, 0.05) is 12.2 Å². The van der Waals surface area contributed by atoms with Crippen molar-refractivity contribution in [1.82, 2.24) is 0 Å². The lowest BCUT2D eigenvalue weighted by Crippen LogP contribution is -2.06. The molecule has 0 rings (SSSR count). The van der Waals surface area contributed by atoms with Crippen molar-refractivity contribution in [3.8, 4) is 0 Å². The molecule has 0 radical (unpaired) electrons. The summed E-state index contributed by atoms with van der Waals surface area (Å²) in [6.07, 6.45) is 9.95. The van der Waals surface area contributed by atoms with E-state index in [0.717, 1.165) is 25.0 Å². The smallest absolute Gasteiger partial charge is 0.389 e. The number of unbranched alkanes of at least 4 members (excludes halogenated alkanes) is 12. The Balaban J connectivity index is 3.00. The number of hydrogen-bond acceptors (Lipinski definition) is 2. The van der Waals surface area contributed by atoms with Crippen molar-refractivity contribution in [3.05, 3.63) is 0 Å². The van der Waals surface area contributed by atoms with Crippen molar-refractivity contribution in [3.63, 3.8) is 0 Å². The Morgan fingerprint density at radius 1 is 0.565 bits per heavy atom. The van der Waals surface area contributed by atoms with E-state index in [1.807, 2.05) is 11.8 Å². The molecule has 1 nitrogen and oxygen atoms in total. The molecular weight excluding hydrogens is 321 g/mol. The largest absolute Gasteiger partial charge is 0.396 e. The first-order chi connectivity index (χ1) is 11.1. The third kappa shape index (κ3) is 22.1. The van der Waals surface area contributed by atoms with Crippen molar-refractivity contribution >= 4 is 11.8 Å². The van der Waals surface area contributed by atoms with Crippen molar-refractivity contribution in [1.29, 1.82) is 0 Å². The van der Waals surface area contributed by atoms with Crippen LogP contribution in [0.15, 0.2) is 0 Å². The molecule has 0 aromatic rings. The summed E-state index contributed by atoms with van der Waals surface area (Å²) >= 11 is 1.83. The molecule has 5 heteroatoms. The third-order valence-electron chi connectivity index (χ3n) is 3.98. The Morgan fingerprint density at radius 3 is 1.35 bits per heavy atom. The summed E-state index contributed by atoms with van der Waals surface area (Å²) in [6, 6.07) is 0. The monoisotopic (exact) mass is 356 g/mol. The molecule has 0 bridgehead atoms. The molecule has 0 spiro atoms. The van der Waals surface area contributed by atoms with Crippen LogP contribution in [0.2, 0.25) is 0 Å². The fourth-order valence-electron chi connectivity index (χ4n) is 2.64. The van der Waals surface area contributed by atoms with Gasteiger partial charge in [0.05, 0.1) is 6.61 Å². The first-order valence-corrected chi connectivity index (χ1v) is 10.5. The number of hydrogen-bond donors (Lipinski definition) is 1. The zero-order chi connectivity index (χ0) is 17.2. The molecule has 0 aliphatic rings. The van der Waals surface area contributed by atoms with Crippen molar-refractivity contribution in [2.24, 2.45) is 0 Å². The molecule has 0 aromatic heterocycles. The molecule has 0 aromatic carbocycles. The van der Waals surface area contributed by atoms with E-state index in [1.54, 1.807) is 0 Å². The number of thioether (sulfide) groups is 1. The lowest BCUT2D eigenvalue weighted by molar-refractivity contribution is -0.135. The lowest BCUT2D eigenvalue weighted by Gasteiger charge is -2.05. The zero-order valence-electron chi connectivity index (χ0n) is 14.5. The second-order valence-corrected chi connectivity index (χ2v) is 7.52. The summed E-state index contributed by atoms with van der Waals surface area (Å²) in [5.41, 5.74) is 0. The first-order valence-electron chi connectivity index (χ1n) is 9.31. The minimum absolute atomic E-state index is 0.290. The van der Waals surface area contributed by atoms with Gasteiger partial charge in [0.1, 0.15) is 0 Å². The van der Waals surface area contributed by atoms with Gasteiger partial charge in [0.25, 0.3) is 0 Å². The average Bonchev–Trinajstić information content (AvgIpc) is 2.49. The highest BCUT2D eigenvalue weighted by Crippen LogP contribution is 2.23. The maximum atomic E-state index is 11.9. The molecule has 1 N–H and O–H groups in total. The number of alkyl halides is 3. The second kappa shape index (κ2) is 16.9. The molecular formula is C18H35F3OS. The molecule has 0 fully saturated rings. The van der Waals surface area contributed by atoms with Crippen LogP contribution < -0.4 is 0 Å². The topological polar surface area (TPSA) is 20.2 Å². The highest BCUT2D eigenvalue weighted by Gasteiger charge is 2.25. The highest BCUT2D eigenvalue weighted by atomic mass is 32.2. The SMILES string of the molecule is OCCSCCCCCCCCCCCCCCCC(F)(F)F. The van der Waals surface area contributed by atoms with Crippen LogP contribution in [0, 0.1) is 0 Å². The second-order valence-electron chi connectivity index (χ2n) is 6.30. The van der Waals surface area contributed by atoms with E-state index in [-0.39, 0.29) is 6.61 Å². The molecule has 0 heterocycles. The molecule has 0 unspecified atom stereocenters. The van der Waals surface area contributed by atoms with Gasteiger partial charge in [-0.1, -0.05) is 70.6 Å². The fourth-order valence-corrected chi connectivity index (χ4v) is 3.38. The minimum Gasteiger partial charge on any atom is -0.396 e. The van der Waals surface area contributed by atoms with Crippen LogP contribution in [0.1, 0.15) is 89.9 Å². The molecule has 0 saturated heterocycles. The number of rotatable bonds is 17. The summed E-state index contributed by atoms with van der Waals surface area (Å²) in [4.78, 5) is 0. The number of aliphatic hydroxyl groups excluding tert-OH is 1. The summed E-state index contributed by atoms with van der Waals surface area (Å²) in [5.74, 6) is 2.03. The molecule has 0 aliphatic carbocycles. The van der Waals surface area contributed by atoms with E-state index in [2.05, 4.69) is 0 Å². The molecule has 0 saturated carbocycles. The summed E-state index contributed by atoms with van der Waals surface area (Å²) in [5, 5.41) is 8.65. The van der Waals surface area contributed by atoms with Crippen molar-refractivity contribution in [2.75, 3.05) is 18.1 Å². The van der Waals surface area contributed by atoms with Crippen LogP contribution in [-0.4, -0.2) is 29.4 Å². The van der Waals surface area contributed by atoms with E-state index in [4.69, 9.17) is 5.11 Å². The Bertz CT molecular complexity index is 235. The van der Waals surface area contributed by atoms with E-state index >= 15 is 0 Å². The van der Waals surface area contributed by atoms with Gasteiger partial charge in [-0.15, -0.1) is 0 Å². The Kier molecular flexibility index (Phi) is 17.0. The van der Waals surface area contributed by atoms with Crippen LogP contribution in [0.25, 0.3) is 0 Å². The van der Waals surface area contributed by atoms with Gasteiger partial charge in [-0.25, -0.2) is 0 Å². The van der Waals surface area contributed by atoms with Crippen molar-refractivity contribution in [2.45, 2.75) is 96.1 Å². The minimum atomic E-state index is -3.97. The van der Waals surface area contributed by atoms with Crippen LogP contribution >= 0.6 is 11.8 Å². The van der Waals surface area contributed by atoms with Gasteiger partial charge in [0.2, 0.25) is 0 Å². The van der Waals surface area contributed by atoms with Gasteiger partial charge in [-0.05, 0) is 18.6 Å². The predicted molar refractivity (Wildman–Crippen MR) is 95.1 cm³/mol. The highest BCUT2D eigenvalue weighted by molar-refractivity contribution is 7.99. The molecule has 23 heavy (non-hydrogen) atoms. The Labute approximate surface area is 144 Å². The lowest BCUT2D eigenvalue weighted by atomic mass is 10.0. The van der Waals surface area contributed by atoms with E-state index in [0.29, 0.717) is 6.42 Å². The normalized spacial score (nSPS) is 12.0. The van der Waals surface area contributed by atoms with E-state index in [9.17, 15) is 13.2 Å². The van der Waals surface area contributed by atoms with Crippen LogP contribution in [0.4, 0.5) is 13.2 Å². The Morgan fingerprint density at radius 2 is 0.957 bits per heavy atom. The molecule has 0 atom stereocenters. The number of aliphatic hydroxyl groups is 1. The summed E-state index contributed by atoms with van der Waals surface area (Å²) in [7, 11) is 0. The number of halogens is 3. The van der Waals surface area contributed by atoms with Crippen LogP contribution in [0.5, 0.6) is 0 Å². The van der Waals surface area contributed by atoms with Gasteiger partial charge in [-0.3, -0.25) is 0 Å². The fraction of sp³-hybridized carbons (Fsp3) is 1.00. The van der Waals surface area contributed by atoms with E-state index in [1.165, 1.54) is 63.5 Å². The maximum absolute atomic E-state index is 11.9. The quantitative estimate of drug-likeness (QED) is 0.291. The van der Waals surface area contributed by atoms with E-state index < -0.39 is 12.6 Å². The first kappa shape index (κ1) is 23.1. The summed E-state index contributed by atoms with van der Waals surface area (Å²) in [6.45, 7) is 0.290. The predicted octanol–water partition coefficient (Wildman–Crippen LogP) is 6.74. The van der Waals surface area contributed by atoms with Gasteiger partial charge >= 0.3 is 6.18 Å². The van der Waals surface area contributed by atoms with Gasteiger partial charge in [0.15, 0.2) is 0 Å². The summed E-state index contributed by atoms with van der Waals surface area (Å²) < 4.78 is 35.8. The molecule has 140 valence electrons. The third-order valence-corrected chi connectivity index (χ3v) is 5.03. The van der Waals surface area contributed by atoms with Crippen molar-refractivity contribution < 1.29 is 18.3 Å². The van der Waals surface area contributed by atoms with Crippen LogP contribution in [0.3, 0.4) is 0 Å². The zero-order valence-corrected chi connectivity index (χ0v) is 15.3. The van der Waals surface area contributed by atoms with Gasteiger partial charge < -0.3 is 5.11 Å². The van der Waals surface area contributed by atoms with Crippen LogP contribution in [-0.2, 0) is 0 Å². The Hall–Kier alpha value is 0.100. The van der Waals surface area contributed by atoms with Gasteiger partial charge in [-0.2, -0.15) is 24.9 Å². The maximum Gasteiger partial charge on any atom is 0.389 e. The molecule has 0 aliphatic heterocycles. The average molecular weight is 357 g/mol.